The van der Waals surface area contributed by atoms with Crippen molar-refractivity contribution in [3.63, 3.8) is 0 Å². The van der Waals surface area contributed by atoms with Gasteiger partial charge in [0.1, 0.15) is 11.4 Å². The fraction of sp³-hybridized carbons (Fsp3) is 0.500. The van der Waals surface area contributed by atoms with E-state index in [4.69, 9.17) is 19.2 Å². The molecule has 0 unspecified atom stereocenters. The molecule has 3 heterocycles. The minimum atomic E-state index is -4.64. The van der Waals surface area contributed by atoms with E-state index in [1.54, 1.807) is 0 Å². The van der Waals surface area contributed by atoms with Gasteiger partial charge in [-0.2, -0.15) is 0 Å². The van der Waals surface area contributed by atoms with Crippen molar-refractivity contribution in [3.05, 3.63) is 23.2 Å². The van der Waals surface area contributed by atoms with Crippen molar-refractivity contribution in [2.45, 2.75) is 0 Å². The lowest BCUT2D eigenvalue weighted by Gasteiger charge is -2.21. The molecule has 3 aliphatic heterocycles. The van der Waals surface area contributed by atoms with Gasteiger partial charge in [0.2, 0.25) is 11.6 Å². The van der Waals surface area contributed by atoms with Crippen molar-refractivity contribution < 1.29 is 28.8 Å². The van der Waals surface area contributed by atoms with Crippen molar-refractivity contribution >= 4 is 36.8 Å². The molecule has 9 nitrogen and oxygen atoms in total. The van der Waals surface area contributed by atoms with Crippen LogP contribution in [-0.2, 0) is 14.2 Å². The van der Waals surface area contributed by atoms with E-state index in [0.717, 1.165) is 39.3 Å². The molecule has 0 aromatic heterocycles. The van der Waals surface area contributed by atoms with Crippen molar-refractivity contribution in [2.75, 3.05) is 39.3 Å². The van der Waals surface area contributed by atoms with Crippen LogP contribution in [0.5, 0.6) is 0 Å². The maximum absolute atomic E-state index is 12.4. The fourth-order valence-electron chi connectivity index (χ4n) is 2.28. The van der Waals surface area contributed by atoms with E-state index in [1.807, 2.05) is 14.7 Å². The Morgan fingerprint density at radius 3 is 1.61 bits per heavy atom. The van der Waals surface area contributed by atoms with Gasteiger partial charge in [-0.25, -0.2) is 4.57 Å². The molecule has 4 rings (SSSR count). The summed E-state index contributed by atoms with van der Waals surface area (Å²) in [6.07, 6.45) is 1.52. The van der Waals surface area contributed by atoms with E-state index in [-0.39, 0.29) is 28.9 Å². The summed E-state index contributed by atoms with van der Waals surface area (Å²) < 4.78 is 8.88. The number of hydrogen-bond acceptors (Lipinski definition) is 6. The molecule has 0 aromatic rings. The number of Topliss-reactive ketones (excluding diaryl/α,β-unsaturated/α-hetero) is 1. The van der Waals surface area contributed by atoms with Crippen LogP contribution >= 0.6 is 7.82 Å². The monoisotopic (exact) mass is 359 g/mol. The zero-order chi connectivity index (χ0) is 16.1. The third-order valence-corrected chi connectivity index (χ3v) is 3.49. The molecule has 3 fully saturated rings. The molecule has 126 valence electrons. The average molecular weight is 359 g/mol. The van der Waals surface area contributed by atoms with Crippen LogP contribution in [-0.4, -0.2) is 97.6 Å². The molecule has 3 saturated heterocycles. The maximum atomic E-state index is 12.4. The normalized spacial score (nSPS) is 22.2. The summed E-state index contributed by atoms with van der Waals surface area (Å²) in [4.78, 5) is 52.0. The number of nitrogens with zero attached hydrogens (tertiary/aromatic N) is 3. The Hall–Kier alpha value is -1.14. The number of carbonyl (C=O) groups excluding carboxylic acids is 2. The van der Waals surface area contributed by atoms with Crippen LogP contribution in [0.25, 0.3) is 0 Å². The maximum Gasteiger partial charge on any atom is 0.466 e. The van der Waals surface area contributed by atoms with Crippen LogP contribution < -0.4 is 0 Å². The lowest BCUT2D eigenvalue weighted by Crippen LogP contribution is -2.29. The highest BCUT2D eigenvalue weighted by molar-refractivity contribution is 7.45. The molecule has 3 N–H and O–H groups in total. The third-order valence-electron chi connectivity index (χ3n) is 3.49. The van der Waals surface area contributed by atoms with Crippen LogP contribution in [0, 0.1) is 0 Å². The fourth-order valence-corrected chi connectivity index (χ4v) is 2.28. The van der Waals surface area contributed by atoms with E-state index < -0.39 is 7.82 Å². The molecule has 23 heavy (non-hydrogen) atoms. The largest absolute Gasteiger partial charge is 0.466 e. The van der Waals surface area contributed by atoms with E-state index in [1.165, 1.54) is 6.08 Å². The van der Waals surface area contributed by atoms with E-state index in [9.17, 15) is 9.59 Å². The average Bonchev–Trinajstić information content (AvgIpc) is 3.24. The zero-order valence-electron chi connectivity index (χ0n) is 11.7. The first-order chi connectivity index (χ1) is 10.3. The molecule has 0 amide bonds. The topological polar surface area (TPSA) is 121 Å². The summed E-state index contributed by atoms with van der Waals surface area (Å²) >= 11 is 0. The number of carbonyl (C=O) groups is 2. The summed E-state index contributed by atoms with van der Waals surface area (Å²) in [5.74, 6) is 0.0485. The van der Waals surface area contributed by atoms with Crippen LogP contribution in [0.1, 0.15) is 0 Å². The number of allylic oxidation sites excluding steroid dienone is 1. The van der Waals surface area contributed by atoms with Crippen molar-refractivity contribution in [3.8, 4) is 0 Å². The van der Waals surface area contributed by atoms with Gasteiger partial charge in [0, 0.05) is 45.3 Å². The Balaban J connectivity index is 0.000000284. The zero-order valence-corrected chi connectivity index (χ0v) is 12.6. The molecular weight excluding hydrogens is 340 g/mol. The number of phosphoric acid groups is 1. The molecular formula is C12H19AlN3O6P. The quantitative estimate of drug-likeness (QED) is 0.210. The summed E-state index contributed by atoms with van der Waals surface area (Å²) in [6, 6.07) is 0. The molecule has 0 bridgehead atoms. The van der Waals surface area contributed by atoms with Crippen molar-refractivity contribution in [2.24, 2.45) is 0 Å². The van der Waals surface area contributed by atoms with E-state index in [0.29, 0.717) is 17.1 Å². The molecule has 0 radical (unpaired) electrons. The van der Waals surface area contributed by atoms with Gasteiger partial charge in [0.05, 0.1) is 5.70 Å². The van der Waals surface area contributed by atoms with Crippen molar-refractivity contribution in [1.29, 1.82) is 0 Å². The Bertz CT molecular complexity index is 637. The second-order valence-electron chi connectivity index (χ2n) is 5.39. The summed E-state index contributed by atoms with van der Waals surface area (Å²) in [6.45, 7) is 5.41. The highest BCUT2D eigenvalue weighted by Crippen LogP contribution is 2.33. The number of ketones is 2. The van der Waals surface area contributed by atoms with Gasteiger partial charge >= 0.3 is 7.82 Å². The standard InChI is InChI=1S/C12H13N3O2.Al.H3O4P.3H/c16-9-7-8(13-1-2-13)12(17)11(15-5-6-15)10(9)14-3-4-14;;1-5(2,3)4;;;/h7H,1-6H2;;(H3,1,2,3,4);;;. The van der Waals surface area contributed by atoms with Gasteiger partial charge in [-0.1, -0.05) is 0 Å². The Kier molecular flexibility index (Phi) is 5.07. The summed E-state index contributed by atoms with van der Waals surface area (Å²) in [5, 5.41) is 0. The van der Waals surface area contributed by atoms with E-state index >= 15 is 0 Å². The Morgan fingerprint density at radius 1 is 0.826 bits per heavy atom. The lowest BCUT2D eigenvalue weighted by molar-refractivity contribution is -0.117. The highest BCUT2D eigenvalue weighted by Gasteiger charge is 2.43. The molecule has 0 saturated carbocycles. The second kappa shape index (κ2) is 6.40. The van der Waals surface area contributed by atoms with Gasteiger partial charge in [0.25, 0.3) is 0 Å². The molecule has 0 atom stereocenters. The van der Waals surface area contributed by atoms with Crippen LogP contribution in [0.2, 0.25) is 0 Å². The molecule has 4 aliphatic rings. The highest BCUT2D eigenvalue weighted by atomic mass is 31.2. The minimum absolute atomic E-state index is 0. The predicted molar refractivity (Wildman–Crippen MR) is 84.0 cm³/mol. The summed E-state index contributed by atoms with van der Waals surface area (Å²) in [5.41, 5.74) is 1.89. The molecule has 0 aromatic carbocycles. The second-order valence-corrected chi connectivity index (χ2v) is 6.42. The summed E-state index contributed by atoms with van der Waals surface area (Å²) in [7, 11) is -4.64. The molecule has 11 heteroatoms. The van der Waals surface area contributed by atoms with Crippen LogP contribution in [0.3, 0.4) is 0 Å². The van der Waals surface area contributed by atoms with E-state index in [2.05, 4.69) is 0 Å². The lowest BCUT2D eigenvalue weighted by atomic mass is 10.0. The first-order valence-electron chi connectivity index (χ1n) is 6.84. The number of rotatable bonds is 3. The number of hydrogen-bond donors (Lipinski definition) is 3. The Morgan fingerprint density at radius 2 is 1.22 bits per heavy atom. The Labute approximate surface area is 143 Å². The van der Waals surface area contributed by atoms with Gasteiger partial charge < -0.3 is 29.4 Å². The smallest absolute Gasteiger partial charge is 0.365 e. The first-order valence-corrected chi connectivity index (χ1v) is 8.40. The van der Waals surface area contributed by atoms with Gasteiger partial charge in [-0.3, -0.25) is 9.59 Å². The minimum Gasteiger partial charge on any atom is -0.365 e. The van der Waals surface area contributed by atoms with Crippen molar-refractivity contribution in [1.82, 2.24) is 14.7 Å². The SMILES string of the molecule is O=C1C=C(N2CC2)C(=O)C(N2CC2)=C1N1CC1.O=P(O)(O)O.[AlH3]. The van der Waals surface area contributed by atoms with Gasteiger partial charge in [-0.15, -0.1) is 0 Å². The first kappa shape index (κ1) is 18.2. The molecule has 1 aliphatic carbocycles. The van der Waals surface area contributed by atoms with Crippen LogP contribution in [0.4, 0.5) is 0 Å². The van der Waals surface area contributed by atoms with Gasteiger partial charge in [0.15, 0.2) is 17.4 Å². The predicted octanol–water partition coefficient (Wildman–Crippen LogP) is -2.93. The third kappa shape index (κ3) is 4.67. The van der Waals surface area contributed by atoms with Gasteiger partial charge in [-0.05, 0) is 0 Å². The van der Waals surface area contributed by atoms with Crippen LogP contribution in [0.15, 0.2) is 23.2 Å². The molecule has 0 spiro atoms.